The first-order valence-corrected chi connectivity index (χ1v) is 8.92. The molecule has 1 fully saturated rings. The molecule has 1 atom stereocenters. The second-order valence-corrected chi connectivity index (χ2v) is 9.00. The van der Waals surface area contributed by atoms with Crippen LogP contribution in [0.1, 0.15) is 53.9 Å². The maximum absolute atomic E-state index is 11.7. The fourth-order valence-corrected chi connectivity index (χ4v) is 4.88. The molecule has 18 heavy (non-hydrogen) atoms. The first-order chi connectivity index (χ1) is 8.14. The van der Waals surface area contributed by atoms with E-state index in [9.17, 15) is 8.42 Å². The van der Waals surface area contributed by atoms with E-state index in [1.165, 1.54) is 0 Å². The lowest BCUT2D eigenvalue weighted by molar-refractivity contribution is 0.141. The van der Waals surface area contributed by atoms with Gasteiger partial charge in [0, 0.05) is 12.1 Å². The Labute approximate surface area is 113 Å². The van der Waals surface area contributed by atoms with Gasteiger partial charge < -0.3 is 5.32 Å². The topological polar surface area (TPSA) is 46.2 Å². The number of sulfone groups is 1. The van der Waals surface area contributed by atoms with Crippen LogP contribution < -0.4 is 5.32 Å². The summed E-state index contributed by atoms with van der Waals surface area (Å²) in [5.74, 6) is 1.10. The van der Waals surface area contributed by atoms with Crippen LogP contribution in [0.5, 0.6) is 0 Å². The van der Waals surface area contributed by atoms with E-state index in [-0.39, 0.29) is 11.0 Å². The molecule has 0 saturated carbocycles. The van der Waals surface area contributed by atoms with Gasteiger partial charge in [0.25, 0.3) is 0 Å². The van der Waals surface area contributed by atoms with Gasteiger partial charge in [0.1, 0.15) is 0 Å². The average molecular weight is 275 g/mol. The first-order valence-electron chi connectivity index (χ1n) is 7.09. The molecule has 0 spiro atoms. The third-order valence-corrected chi connectivity index (χ3v) is 6.25. The third-order valence-electron chi connectivity index (χ3n) is 4.48. The molecule has 0 aromatic carbocycles. The third kappa shape index (κ3) is 3.95. The summed E-state index contributed by atoms with van der Waals surface area (Å²) < 4.78 is 23.4. The molecule has 4 heteroatoms. The molecule has 0 radical (unpaired) electrons. The Kier molecular flexibility index (Phi) is 4.87. The molecule has 1 aliphatic heterocycles. The van der Waals surface area contributed by atoms with Crippen molar-refractivity contribution in [2.75, 3.05) is 18.1 Å². The van der Waals surface area contributed by atoms with Gasteiger partial charge in [-0.25, -0.2) is 8.42 Å². The van der Waals surface area contributed by atoms with Crippen molar-refractivity contribution in [1.29, 1.82) is 0 Å². The smallest absolute Gasteiger partial charge is 0.150 e. The zero-order valence-corrected chi connectivity index (χ0v) is 13.4. The minimum atomic E-state index is -2.78. The van der Waals surface area contributed by atoms with Crippen molar-refractivity contribution in [3.05, 3.63) is 0 Å². The van der Waals surface area contributed by atoms with Crippen molar-refractivity contribution in [3.63, 3.8) is 0 Å². The summed E-state index contributed by atoms with van der Waals surface area (Å²) in [6.07, 6.45) is 2.94. The van der Waals surface area contributed by atoms with Gasteiger partial charge in [-0.1, -0.05) is 13.8 Å². The number of hydrogen-bond acceptors (Lipinski definition) is 3. The van der Waals surface area contributed by atoms with Crippen LogP contribution in [0.2, 0.25) is 0 Å². The van der Waals surface area contributed by atoms with Crippen LogP contribution in [0, 0.1) is 11.3 Å². The van der Waals surface area contributed by atoms with E-state index in [1.807, 2.05) is 0 Å². The Morgan fingerprint density at radius 1 is 1.17 bits per heavy atom. The molecule has 1 unspecified atom stereocenters. The van der Waals surface area contributed by atoms with Crippen LogP contribution in [-0.2, 0) is 9.84 Å². The van der Waals surface area contributed by atoms with Crippen LogP contribution in [0.15, 0.2) is 0 Å². The van der Waals surface area contributed by atoms with E-state index in [0.29, 0.717) is 17.4 Å². The van der Waals surface area contributed by atoms with E-state index in [0.717, 1.165) is 25.8 Å². The average Bonchev–Trinajstić information content (AvgIpc) is 2.60. The predicted octanol–water partition coefficient (Wildman–Crippen LogP) is 2.62. The monoisotopic (exact) mass is 275 g/mol. The lowest BCUT2D eigenvalue weighted by atomic mass is 9.70. The van der Waals surface area contributed by atoms with Crippen molar-refractivity contribution >= 4 is 9.84 Å². The van der Waals surface area contributed by atoms with Gasteiger partial charge in [-0.05, 0) is 51.4 Å². The zero-order chi connectivity index (χ0) is 14.0. The summed E-state index contributed by atoms with van der Waals surface area (Å²) in [5.41, 5.74) is 0.226. The van der Waals surface area contributed by atoms with E-state index in [1.54, 1.807) is 0 Å². The van der Waals surface area contributed by atoms with Gasteiger partial charge in [0.2, 0.25) is 0 Å². The van der Waals surface area contributed by atoms with Gasteiger partial charge >= 0.3 is 0 Å². The van der Waals surface area contributed by atoms with Crippen LogP contribution >= 0.6 is 0 Å². The van der Waals surface area contributed by atoms with Gasteiger partial charge in [-0.2, -0.15) is 0 Å². The molecule has 0 aliphatic carbocycles. The van der Waals surface area contributed by atoms with E-state index in [4.69, 9.17) is 0 Å². The largest absolute Gasteiger partial charge is 0.312 e. The van der Waals surface area contributed by atoms with Crippen LogP contribution in [0.3, 0.4) is 0 Å². The summed E-state index contributed by atoms with van der Waals surface area (Å²) in [6.45, 7) is 11.8. The van der Waals surface area contributed by atoms with Crippen molar-refractivity contribution in [2.45, 2.75) is 59.4 Å². The second kappa shape index (κ2) is 5.49. The summed E-state index contributed by atoms with van der Waals surface area (Å²) >= 11 is 0. The molecule has 0 aromatic heterocycles. The molecule has 108 valence electrons. The predicted molar refractivity (Wildman–Crippen MR) is 77.5 cm³/mol. The Morgan fingerprint density at radius 3 is 2.06 bits per heavy atom. The van der Waals surface area contributed by atoms with Crippen molar-refractivity contribution in [3.8, 4) is 0 Å². The van der Waals surface area contributed by atoms with Gasteiger partial charge in [-0.3, -0.25) is 0 Å². The number of rotatable bonds is 5. The summed E-state index contributed by atoms with van der Waals surface area (Å²) in [5, 5.41) is 3.57. The van der Waals surface area contributed by atoms with Gasteiger partial charge in [0.05, 0.1) is 11.5 Å². The molecular formula is C14H29NO2S. The normalized spacial score (nSPS) is 24.4. The zero-order valence-electron chi connectivity index (χ0n) is 12.5. The van der Waals surface area contributed by atoms with E-state index < -0.39 is 9.84 Å². The van der Waals surface area contributed by atoms with Gasteiger partial charge in [-0.15, -0.1) is 0 Å². The molecule has 1 heterocycles. The lowest BCUT2D eigenvalue weighted by Crippen LogP contribution is -2.47. The maximum Gasteiger partial charge on any atom is 0.150 e. The second-order valence-electron chi connectivity index (χ2n) is 6.77. The Bertz CT molecular complexity index is 364. The number of nitrogens with one attached hydrogen (secondary N) is 1. The molecule has 3 nitrogen and oxygen atoms in total. The van der Waals surface area contributed by atoms with Crippen LogP contribution in [0.25, 0.3) is 0 Å². The minimum absolute atomic E-state index is 0.0903. The molecule has 1 saturated heterocycles. The van der Waals surface area contributed by atoms with Crippen LogP contribution in [-0.4, -0.2) is 32.0 Å². The van der Waals surface area contributed by atoms with Crippen molar-refractivity contribution < 1.29 is 8.42 Å². The Balaban J connectivity index is 2.81. The molecule has 0 bridgehead atoms. The quantitative estimate of drug-likeness (QED) is 0.839. The van der Waals surface area contributed by atoms with Crippen molar-refractivity contribution in [1.82, 2.24) is 5.32 Å². The Hall–Kier alpha value is -0.0900. The molecule has 0 aromatic rings. The minimum Gasteiger partial charge on any atom is -0.312 e. The summed E-state index contributed by atoms with van der Waals surface area (Å²) in [6, 6.07) is 0. The maximum atomic E-state index is 11.7. The number of hydrogen-bond donors (Lipinski definition) is 1. The standard InChI is InChI=1S/C14H29NO2S/c1-6-14(7-2,11-15-13(3,4)5)12-8-9-18(16,17)10-12/h12,15H,6-11H2,1-5H3. The SMILES string of the molecule is CCC(CC)(CNC(C)(C)C)C1CCS(=O)(=O)C1. The highest BCUT2D eigenvalue weighted by Gasteiger charge is 2.42. The summed E-state index contributed by atoms with van der Waals surface area (Å²) in [7, 11) is -2.78. The van der Waals surface area contributed by atoms with Crippen LogP contribution in [0.4, 0.5) is 0 Å². The lowest BCUT2D eigenvalue weighted by Gasteiger charge is -2.40. The van der Waals surface area contributed by atoms with Crippen molar-refractivity contribution in [2.24, 2.45) is 11.3 Å². The molecular weight excluding hydrogens is 246 g/mol. The first kappa shape index (κ1) is 16.0. The molecule has 1 aliphatic rings. The fourth-order valence-electron chi connectivity index (χ4n) is 2.94. The molecule has 1 rings (SSSR count). The highest BCUT2D eigenvalue weighted by molar-refractivity contribution is 7.91. The van der Waals surface area contributed by atoms with E-state index >= 15 is 0 Å². The molecule has 1 N–H and O–H groups in total. The highest BCUT2D eigenvalue weighted by atomic mass is 32.2. The fraction of sp³-hybridized carbons (Fsp3) is 1.00. The highest BCUT2D eigenvalue weighted by Crippen LogP contribution is 2.41. The summed E-state index contributed by atoms with van der Waals surface area (Å²) in [4.78, 5) is 0. The Morgan fingerprint density at radius 2 is 1.72 bits per heavy atom. The van der Waals surface area contributed by atoms with Gasteiger partial charge in [0.15, 0.2) is 9.84 Å². The van der Waals surface area contributed by atoms with E-state index in [2.05, 4.69) is 39.9 Å². The molecule has 0 amide bonds.